The summed E-state index contributed by atoms with van der Waals surface area (Å²) in [6, 6.07) is 5.95. The second kappa shape index (κ2) is 6.56. The van der Waals surface area contributed by atoms with E-state index < -0.39 is 10.1 Å². The molecule has 0 radical (unpaired) electrons. The monoisotopic (exact) mass is 306 g/mol. The first-order valence-corrected chi connectivity index (χ1v) is 7.64. The van der Waals surface area contributed by atoms with Crippen LogP contribution in [0.3, 0.4) is 0 Å². The molecule has 2 rings (SSSR count). The van der Waals surface area contributed by atoms with Crippen molar-refractivity contribution in [2.45, 2.75) is 25.3 Å². The predicted octanol–water partition coefficient (Wildman–Crippen LogP) is 1.55. The summed E-state index contributed by atoms with van der Waals surface area (Å²) < 4.78 is 30.1. The molecule has 1 aliphatic rings. The predicted molar refractivity (Wildman–Crippen MR) is 78.2 cm³/mol. The molecule has 1 aromatic rings. The largest absolute Gasteiger partial charge is 0.398 e. The molecule has 1 heterocycles. The third kappa shape index (κ3) is 4.35. The van der Waals surface area contributed by atoms with Gasteiger partial charge in [0.15, 0.2) is 0 Å². The lowest BCUT2D eigenvalue weighted by atomic mass is 9.91. The summed E-state index contributed by atoms with van der Waals surface area (Å²) in [6.07, 6.45) is 2.01. The van der Waals surface area contributed by atoms with Crippen LogP contribution in [0, 0.1) is 0 Å². The number of anilines is 1. The van der Waals surface area contributed by atoms with Gasteiger partial charge in [0.25, 0.3) is 10.1 Å². The number of hydrogen-bond donors (Lipinski definition) is 3. The Bertz CT molecular complexity index is 534. The zero-order valence-corrected chi connectivity index (χ0v) is 12.1. The van der Waals surface area contributed by atoms with Crippen LogP contribution in [-0.2, 0) is 16.5 Å². The summed E-state index contributed by atoms with van der Waals surface area (Å²) in [4.78, 5) is 0. The molecular weight excluding hydrogens is 288 g/mol. The molecule has 7 heteroatoms. The fraction of sp³-hybridized carbons (Fsp3) is 0.500. The van der Waals surface area contributed by atoms with E-state index in [-0.39, 0.29) is 24.2 Å². The van der Waals surface area contributed by atoms with Gasteiger partial charge in [0, 0.05) is 11.7 Å². The van der Waals surface area contributed by atoms with E-state index in [1.54, 1.807) is 0 Å². The van der Waals surface area contributed by atoms with Crippen molar-refractivity contribution in [3.63, 3.8) is 0 Å². The Kier molecular flexibility index (Phi) is 5.61. The Morgan fingerprint density at radius 2 is 2.16 bits per heavy atom. The van der Waals surface area contributed by atoms with Crippen molar-refractivity contribution in [1.29, 1.82) is 0 Å². The molecule has 1 aromatic carbocycles. The Morgan fingerprint density at radius 1 is 1.42 bits per heavy atom. The van der Waals surface area contributed by atoms with Gasteiger partial charge in [0.2, 0.25) is 0 Å². The molecule has 19 heavy (non-hydrogen) atoms. The minimum atomic E-state index is -3.86. The lowest BCUT2D eigenvalue weighted by Crippen LogP contribution is -2.30. The Labute approximate surface area is 119 Å². The van der Waals surface area contributed by atoms with Crippen LogP contribution in [0.2, 0.25) is 0 Å². The molecule has 1 atom stereocenters. The zero-order valence-electron chi connectivity index (χ0n) is 10.5. The van der Waals surface area contributed by atoms with Gasteiger partial charge in [-0.2, -0.15) is 8.42 Å². The fourth-order valence-corrected chi connectivity index (χ4v) is 2.98. The Balaban J connectivity index is 0.00000180. The summed E-state index contributed by atoms with van der Waals surface area (Å²) in [5, 5.41) is 3.36. The normalized spacial score (nSPS) is 18.5. The van der Waals surface area contributed by atoms with Crippen LogP contribution in [0.1, 0.15) is 30.0 Å². The number of halogens is 1. The second-order valence-electron chi connectivity index (χ2n) is 4.60. The van der Waals surface area contributed by atoms with Crippen LogP contribution in [-0.4, -0.2) is 25.3 Å². The molecule has 1 aliphatic heterocycles. The molecule has 1 unspecified atom stereocenters. The van der Waals surface area contributed by atoms with Gasteiger partial charge >= 0.3 is 0 Å². The molecule has 0 saturated heterocycles. The maximum absolute atomic E-state index is 10.7. The highest BCUT2D eigenvalue weighted by Crippen LogP contribution is 2.29. The topological polar surface area (TPSA) is 92.4 Å². The number of benzene rings is 1. The van der Waals surface area contributed by atoms with E-state index in [1.165, 1.54) is 0 Å². The number of hydrogen-bond acceptors (Lipinski definition) is 4. The lowest BCUT2D eigenvalue weighted by Gasteiger charge is -2.27. The number of fused-ring (bicyclic) bond motifs is 1. The van der Waals surface area contributed by atoms with Gasteiger partial charge in [-0.1, -0.05) is 12.1 Å². The van der Waals surface area contributed by atoms with E-state index in [9.17, 15) is 8.42 Å². The van der Waals surface area contributed by atoms with Crippen molar-refractivity contribution in [2.75, 3.05) is 18.0 Å². The number of rotatable bonds is 4. The summed E-state index contributed by atoms with van der Waals surface area (Å²) in [6.45, 7) is 0.845. The smallest absolute Gasteiger partial charge is 0.264 e. The molecule has 0 aliphatic carbocycles. The Hall–Kier alpha value is -0.820. The molecule has 0 aromatic heterocycles. The highest BCUT2D eigenvalue weighted by atomic mass is 35.5. The van der Waals surface area contributed by atoms with Gasteiger partial charge < -0.3 is 11.1 Å². The van der Waals surface area contributed by atoms with Crippen LogP contribution < -0.4 is 11.1 Å². The number of nitrogens with one attached hydrogen (secondary N) is 1. The van der Waals surface area contributed by atoms with E-state index in [2.05, 4.69) is 5.32 Å². The molecule has 4 N–H and O–H groups in total. The average molecular weight is 307 g/mol. The molecule has 0 fully saturated rings. The van der Waals surface area contributed by atoms with Gasteiger partial charge in [-0.3, -0.25) is 4.55 Å². The third-order valence-electron chi connectivity index (χ3n) is 3.28. The maximum Gasteiger partial charge on any atom is 0.264 e. The number of nitrogens with two attached hydrogens (primary N) is 1. The van der Waals surface area contributed by atoms with Crippen molar-refractivity contribution in [3.8, 4) is 0 Å². The van der Waals surface area contributed by atoms with Crippen LogP contribution >= 0.6 is 12.4 Å². The van der Waals surface area contributed by atoms with Gasteiger partial charge in [-0.15, -0.1) is 12.4 Å². The minimum absolute atomic E-state index is 0. The molecule has 0 bridgehead atoms. The molecule has 0 saturated carbocycles. The summed E-state index contributed by atoms with van der Waals surface area (Å²) >= 11 is 0. The van der Waals surface area contributed by atoms with E-state index >= 15 is 0 Å². The van der Waals surface area contributed by atoms with Crippen LogP contribution in [0.15, 0.2) is 18.2 Å². The van der Waals surface area contributed by atoms with Gasteiger partial charge in [-0.25, -0.2) is 0 Å². The van der Waals surface area contributed by atoms with E-state index in [0.717, 1.165) is 29.8 Å². The summed E-state index contributed by atoms with van der Waals surface area (Å²) in [7, 11) is -3.86. The standard InChI is InChI=1S/C12H18N2O3S.ClH/c13-11-4-1-3-10-9(11)6-7-14-12(10)5-2-8-18(15,16)17;/h1,3-4,12,14H,2,5-8,13H2,(H,15,16,17);1H. The van der Waals surface area contributed by atoms with Crippen LogP contribution in [0.4, 0.5) is 5.69 Å². The third-order valence-corrected chi connectivity index (χ3v) is 4.09. The van der Waals surface area contributed by atoms with Gasteiger partial charge in [-0.05, 0) is 43.0 Å². The first kappa shape index (κ1) is 16.2. The van der Waals surface area contributed by atoms with E-state index in [4.69, 9.17) is 10.3 Å². The van der Waals surface area contributed by atoms with Crippen molar-refractivity contribution in [1.82, 2.24) is 5.32 Å². The van der Waals surface area contributed by atoms with Gasteiger partial charge in [0.05, 0.1) is 5.75 Å². The second-order valence-corrected chi connectivity index (χ2v) is 6.17. The van der Waals surface area contributed by atoms with Crippen LogP contribution in [0.5, 0.6) is 0 Å². The highest BCUT2D eigenvalue weighted by molar-refractivity contribution is 7.85. The SMILES string of the molecule is Cl.Nc1cccc2c1CCNC2CCCS(=O)(=O)O. The average Bonchev–Trinajstić information content (AvgIpc) is 2.29. The van der Waals surface area contributed by atoms with Gasteiger partial charge in [0.1, 0.15) is 0 Å². The summed E-state index contributed by atoms with van der Waals surface area (Å²) in [5.41, 5.74) is 9.05. The van der Waals surface area contributed by atoms with Crippen LogP contribution in [0.25, 0.3) is 0 Å². The Morgan fingerprint density at radius 3 is 2.84 bits per heavy atom. The quantitative estimate of drug-likeness (QED) is 0.580. The summed E-state index contributed by atoms with van der Waals surface area (Å²) in [5.74, 6) is -0.192. The van der Waals surface area contributed by atoms with Crippen molar-refractivity contribution in [2.24, 2.45) is 0 Å². The van der Waals surface area contributed by atoms with Crippen molar-refractivity contribution < 1.29 is 13.0 Å². The van der Waals surface area contributed by atoms with E-state index in [0.29, 0.717) is 12.8 Å². The van der Waals surface area contributed by atoms with Crippen molar-refractivity contribution >= 4 is 28.2 Å². The minimum Gasteiger partial charge on any atom is -0.398 e. The molecule has 108 valence electrons. The molecule has 5 nitrogen and oxygen atoms in total. The van der Waals surface area contributed by atoms with E-state index in [1.807, 2.05) is 18.2 Å². The highest BCUT2D eigenvalue weighted by Gasteiger charge is 2.21. The fourth-order valence-electron chi connectivity index (χ4n) is 2.45. The molecular formula is C12H19ClN2O3S. The lowest BCUT2D eigenvalue weighted by molar-refractivity contribution is 0.455. The molecule has 0 amide bonds. The molecule has 0 spiro atoms. The maximum atomic E-state index is 10.7. The first-order chi connectivity index (χ1) is 8.47. The number of nitrogen functional groups attached to an aromatic ring is 1. The van der Waals surface area contributed by atoms with Crippen molar-refractivity contribution in [3.05, 3.63) is 29.3 Å². The first-order valence-electron chi connectivity index (χ1n) is 6.03. The zero-order chi connectivity index (χ0) is 13.2.